The summed E-state index contributed by atoms with van der Waals surface area (Å²) in [5.74, 6) is 1.75. The van der Waals surface area contributed by atoms with Gasteiger partial charge < -0.3 is 28.2 Å². The Hall–Kier alpha value is -18.9. The Bertz CT molecular complexity index is 9340. The minimum Gasteiger partial charge on any atom is -0.456 e. The summed E-state index contributed by atoms with van der Waals surface area (Å²) in [6.07, 6.45) is 0. The van der Waals surface area contributed by atoms with Crippen molar-refractivity contribution >= 4 is 77.6 Å². The molecule has 0 radical (unpaired) electrons. The van der Waals surface area contributed by atoms with Crippen LogP contribution in [0.4, 0.5) is 34.1 Å². The van der Waals surface area contributed by atoms with Crippen LogP contribution in [0.15, 0.2) is 540 Å². The fraction of sp³-hybridized carbons (Fsp3) is 0.00730. The number of anilines is 6. The van der Waals surface area contributed by atoms with E-state index in [1.54, 1.807) is 0 Å². The molecule has 0 unspecified atom stereocenters. The van der Waals surface area contributed by atoms with Crippen molar-refractivity contribution in [2.75, 3.05) is 9.80 Å². The normalized spacial score (nSPS) is 12.6. The number of benzene rings is 22. The van der Waals surface area contributed by atoms with Crippen LogP contribution in [0.2, 0.25) is 0 Å². The molecule has 0 saturated carbocycles. The first-order valence-corrected chi connectivity index (χ1v) is 49.3. The Morgan fingerprint density at radius 3 is 0.972 bits per heavy atom. The second-order valence-corrected chi connectivity index (χ2v) is 37.5. The summed E-state index contributed by atoms with van der Waals surface area (Å²) < 4.78 is 13.8. The molecule has 0 saturated heterocycles. The number of nitrogens with zero attached hydrogens (tertiary/aromatic N) is 5. The number of rotatable bonds is 9. The Kier molecular flexibility index (Phi) is 19.5. The molecule has 0 amide bonds. The predicted molar refractivity (Wildman–Crippen MR) is 595 cm³/mol. The van der Waals surface area contributed by atoms with E-state index in [1.807, 2.05) is 12.1 Å². The van der Waals surface area contributed by atoms with Gasteiger partial charge in [0.2, 0.25) is 0 Å². The van der Waals surface area contributed by atoms with Crippen molar-refractivity contribution < 1.29 is 4.74 Å². The van der Waals surface area contributed by atoms with Crippen LogP contribution in [0.1, 0.15) is 22.3 Å². The number of para-hydroxylation sites is 11. The summed E-state index contributed by atoms with van der Waals surface area (Å²) in [6.45, 7) is 0. The summed E-state index contributed by atoms with van der Waals surface area (Å²) in [4.78, 5) is 4.92. The lowest BCUT2D eigenvalue weighted by Crippen LogP contribution is -2.25. The van der Waals surface area contributed by atoms with Gasteiger partial charge in [0.25, 0.3) is 0 Å². The van der Waals surface area contributed by atoms with Crippen LogP contribution in [0.5, 0.6) is 11.5 Å². The zero-order valence-electron chi connectivity index (χ0n) is 78.0. The summed E-state index contributed by atoms with van der Waals surface area (Å²) in [5.41, 5.74) is 48.2. The minimum atomic E-state index is -0.386. The molecular formula is C137H89N5O. The molecule has 6 heterocycles. The number of fused-ring (bicyclic) bond motifs is 32. The van der Waals surface area contributed by atoms with Gasteiger partial charge >= 0.3 is 0 Å². The quantitative estimate of drug-likeness (QED) is 0.144. The Labute approximate surface area is 830 Å². The van der Waals surface area contributed by atoms with Gasteiger partial charge in [0.05, 0.1) is 61.8 Å². The molecule has 3 aromatic heterocycles. The molecule has 668 valence electrons. The van der Waals surface area contributed by atoms with Crippen LogP contribution < -0.4 is 14.5 Å². The van der Waals surface area contributed by atoms with Gasteiger partial charge in [-0.05, 0) is 227 Å². The molecule has 143 heavy (non-hydrogen) atoms. The first kappa shape index (κ1) is 82.4. The third kappa shape index (κ3) is 13.1. The van der Waals surface area contributed by atoms with E-state index in [1.165, 1.54) is 189 Å². The maximum Gasteiger partial charge on any atom is 0.136 e. The molecule has 3 aliphatic heterocycles. The molecule has 25 aromatic rings. The van der Waals surface area contributed by atoms with Crippen molar-refractivity contribution in [1.82, 2.24) is 13.7 Å². The van der Waals surface area contributed by atoms with Crippen molar-refractivity contribution in [3.8, 4) is 162 Å². The minimum absolute atomic E-state index is 0.386. The molecule has 2 aliphatic carbocycles. The van der Waals surface area contributed by atoms with Crippen molar-refractivity contribution in [2.45, 2.75) is 5.41 Å². The fourth-order valence-electron chi connectivity index (χ4n) is 23.9. The van der Waals surface area contributed by atoms with Gasteiger partial charge in [-0.2, -0.15) is 0 Å². The van der Waals surface area contributed by atoms with Crippen molar-refractivity contribution in [2.24, 2.45) is 0 Å². The Balaban J connectivity index is 0.000000107. The van der Waals surface area contributed by atoms with E-state index in [9.17, 15) is 0 Å². The third-order valence-electron chi connectivity index (χ3n) is 29.9. The second kappa shape index (κ2) is 33.8. The fourth-order valence-corrected chi connectivity index (χ4v) is 23.9. The molecule has 6 heteroatoms. The summed E-state index contributed by atoms with van der Waals surface area (Å²) in [7, 11) is 0. The molecule has 1 spiro atoms. The van der Waals surface area contributed by atoms with Crippen molar-refractivity contribution in [3.63, 3.8) is 0 Å². The molecule has 6 nitrogen and oxygen atoms in total. The van der Waals surface area contributed by atoms with E-state index in [4.69, 9.17) is 4.74 Å². The summed E-state index contributed by atoms with van der Waals surface area (Å²) in [5, 5.41) is 6.21. The van der Waals surface area contributed by atoms with Crippen LogP contribution in [-0.4, -0.2) is 13.7 Å². The SMILES string of the molecule is c1cc(-c2cccc3ccccc23)cc(-n2c3c(c4ccccc42)-c2ccccc2Oc2ccccc2-3)c1.c1ccc(-c2ccc(-c3cccc(N4c5ccccc5-c5c(n(-c6ccccc6)c6ccccc56)-c5ccccc54)c3)cc2)cc1.c1ccc(-n2c3c(c4ccccc42)-c2ccccc2N(c2cccc(-c4ccc5c(c4)C4(c6ccccc6-c6ccccc64)c4ccccc4-5)c2)c2ccccc2-3)cc1. The molecular weight excluding hydrogens is 1730 g/mol. The third-order valence-corrected chi connectivity index (χ3v) is 29.9. The van der Waals surface area contributed by atoms with Gasteiger partial charge in [0, 0.05) is 94.7 Å². The lowest BCUT2D eigenvalue weighted by molar-refractivity contribution is 0.487. The topological polar surface area (TPSA) is 30.5 Å². The van der Waals surface area contributed by atoms with E-state index < -0.39 is 0 Å². The van der Waals surface area contributed by atoms with Gasteiger partial charge in [-0.25, -0.2) is 0 Å². The van der Waals surface area contributed by atoms with Crippen molar-refractivity contribution in [3.05, 3.63) is 562 Å². The van der Waals surface area contributed by atoms with Crippen LogP contribution in [0, 0.1) is 0 Å². The highest BCUT2D eigenvalue weighted by atomic mass is 16.5. The molecule has 0 N–H and O–H groups in total. The molecule has 5 aliphatic rings. The zero-order valence-corrected chi connectivity index (χ0v) is 78.0. The smallest absolute Gasteiger partial charge is 0.136 e. The molecule has 22 aromatic carbocycles. The van der Waals surface area contributed by atoms with E-state index >= 15 is 0 Å². The number of hydrogen-bond donors (Lipinski definition) is 0. The number of ether oxygens (including phenoxy) is 1. The van der Waals surface area contributed by atoms with Crippen LogP contribution in [0.3, 0.4) is 0 Å². The molecule has 30 rings (SSSR count). The highest BCUT2D eigenvalue weighted by Crippen LogP contribution is 2.65. The molecule has 0 fully saturated rings. The van der Waals surface area contributed by atoms with Crippen LogP contribution in [-0.2, 0) is 5.41 Å². The van der Waals surface area contributed by atoms with Gasteiger partial charge in [-0.1, -0.05) is 413 Å². The number of hydrogen-bond acceptors (Lipinski definition) is 3. The maximum atomic E-state index is 6.51. The van der Waals surface area contributed by atoms with Crippen LogP contribution >= 0.6 is 0 Å². The van der Waals surface area contributed by atoms with Gasteiger partial charge in [-0.3, -0.25) is 0 Å². The average molecular weight is 1820 g/mol. The lowest BCUT2D eigenvalue weighted by Gasteiger charge is -2.31. The lowest BCUT2D eigenvalue weighted by atomic mass is 9.70. The largest absolute Gasteiger partial charge is 0.456 e. The van der Waals surface area contributed by atoms with Gasteiger partial charge in [-0.15, -0.1) is 0 Å². The predicted octanol–water partition coefficient (Wildman–Crippen LogP) is 36.7. The van der Waals surface area contributed by atoms with Gasteiger partial charge in [0.15, 0.2) is 0 Å². The zero-order chi connectivity index (χ0) is 94.2. The Morgan fingerprint density at radius 1 is 0.161 bits per heavy atom. The van der Waals surface area contributed by atoms with E-state index in [2.05, 4.69) is 551 Å². The monoisotopic (exact) mass is 1820 g/mol. The van der Waals surface area contributed by atoms with Crippen molar-refractivity contribution in [1.29, 1.82) is 0 Å². The van der Waals surface area contributed by atoms with E-state index in [0.29, 0.717) is 0 Å². The van der Waals surface area contributed by atoms with Crippen LogP contribution in [0.25, 0.3) is 194 Å². The number of aromatic nitrogens is 3. The second-order valence-electron chi connectivity index (χ2n) is 37.5. The standard InChI is InChI=1S/C57H36N2.C44H30N2.C36H23NO/c1-2-18-39(19-3-1)59-53-31-14-8-25-46(53)55-45-24-7-13-30-52(45)58(54-32-15-9-26-47(54)56(55)59)40-20-16-17-37(35-40)38-33-34-44-43-23-6-12-29-50(43)57(51(44)36-38)48-27-10-4-21-41(48)42-22-5-11-28-49(42)57;1-3-14-31(15-4-1)32-26-28-33(29-27-32)34-16-13-19-36(30-34)45-40-23-10-7-20-37(40)43-38-21-8-11-24-41(38)46(35-17-5-2-6-18-35)44(43)39-22-9-12-25-42(39)45;1-2-15-27-24(11-1)12-10-19-28(27)25-13-9-14-26(23-25)37-32-20-6-3-16-29(32)35-30-17-4-7-21-33(30)38-34-22-8-5-18-31(34)36(35)37/h1-36H;1-30H;1-23H. The highest BCUT2D eigenvalue weighted by molar-refractivity contribution is 6.16. The maximum absolute atomic E-state index is 6.51. The van der Waals surface area contributed by atoms with E-state index in [-0.39, 0.29) is 5.41 Å². The Morgan fingerprint density at radius 2 is 0.455 bits per heavy atom. The summed E-state index contributed by atoms with van der Waals surface area (Å²) >= 11 is 0. The summed E-state index contributed by atoms with van der Waals surface area (Å²) in [6, 6.07) is 196. The molecule has 0 bridgehead atoms. The highest BCUT2D eigenvalue weighted by Gasteiger charge is 2.52. The average Bonchev–Trinajstić information content (AvgIpc) is 1.50. The van der Waals surface area contributed by atoms with Gasteiger partial charge in [0.1, 0.15) is 11.5 Å². The first-order chi connectivity index (χ1) is 71.0. The molecule has 0 atom stereocenters. The first-order valence-electron chi connectivity index (χ1n) is 49.3. The van der Waals surface area contributed by atoms with E-state index in [0.717, 1.165) is 73.8 Å².